The van der Waals surface area contributed by atoms with Crippen LogP contribution in [0.3, 0.4) is 0 Å². The lowest BCUT2D eigenvalue weighted by Gasteiger charge is -2.34. The average Bonchev–Trinajstić information content (AvgIpc) is 2.70. The van der Waals surface area contributed by atoms with Crippen LogP contribution >= 0.6 is 0 Å². The second-order valence-electron chi connectivity index (χ2n) is 8.98. The van der Waals surface area contributed by atoms with Gasteiger partial charge in [-0.1, -0.05) is 0 Å². The standard InChI is InChI=1S/C23H38N4O4S/c1-15(2)25-21(28)14-26-10-12-27(13-11-26)22(29)8-9-24-32(30,31)23-19(6)17(4)16(3)18(5)20(23)7/h15,24H,8-14H2,1-7H3,(H,25,28). The zero-order valence-corrected chi connectivity index (χ0v) is 21.3. The molecule has 2 rings (SSSR count). The molecule has 0 aromatic heterocycles. The Morgan fingerprint density at radius 1 is 0.875 bits per heavy atom. The van der Waals surface area contributed by atoms with Gasteiger partial charge in [0.1, 0.15) is 0 Å². The quantitative estimate of drug-likeness (QED) is 0.606. The summed E-state index contributed by atoms with van der Waals surface area (Å²) in [6.07, 6.45) is 0.106. The van der Waals surface area contributed by atoms with Gasteiger partial charge in [0.25, 0.3) is 0 Å². The van der Waals surface area contributed by atoms with Gasteiger partial charge in [0.2, 0.25) is 21.8 Å². The minimum atomic E-state index is -3.72. The first kappa shape index (κ1) is 26.3. The predicted octanol–water partition coefficient (Wildman–Crippen LogP) is 1.57. The highest BCUT2D eigenvalue weighted by Crippen LogP contribution is 2.29. The van der Waals surface area contributed by atoms with E-state index >= 15 is 0 Å². The van der Waals surface area contributed by atoms with E-state index in [1.807, 2.05) is 53.4 Å². The van der Waals surface area contributed by atoms with Crippen LogP contribution in [0, 0.1) is 34.6 Å². The number of carbonyl (C=O) groups is 2. The summed E-state index contributed by atoms with van der Waals surface area (Å²) in [6, 6.07) is 0.106. The van der Waals surface area contributed by atoms with Crippen molar-refractivity contribution in [3.05, 3.63) is 27.8 Å². The average molecular weight is 467 g/mol. The maximum Gasteiger partial charge on any atom is 0.241 e. The Morgan fingerprint density at radius 3 is 1.88 bits per heavy atom. The zero-order chi connectivity index (χ0) is 24.2. The number of carbonyl (C=O) groups excluding carboxylic acids is 2. The number of nitrogens with zero attached hydrogens (tertiary/aromatic N) is 2. The second kappa shape index (κ2) is 10.8. The van der Waals surface area contributed by atoms with Crippen molar-refractivity contribution in [2.45, 2.75) is 65.8 Å². The van der Waals surface area contributed by atoms with Crippen LogP contribution in [0.5, 0.6) is 0 Å². The second-order valence-corrected chi connectivity index (χ2v) is 10.7. The summed E-state index contributed by atoms with van der Waals surface area (Å²) in [5.41, 5.74) is 4.56. The van der Waals surface area contributed by atoms with E-state index in [4.69, 9.17) is 0 Å². The van der Waals surface area contributed by atoms with Crippen molar-refractivity contribution in [2.24, 2.45) is 0 Å². The van der Waals surface area contributed by atoms with Crippen molar-refractivity contribution in [2.75, 3.05) is 39.3 Å². The van der Waals surface area contributed by atoms with Crippen LogP contribution in [-0.2, 0) is 19.6 Å². The first-order chi connectivity index (χ1) is 14.8. The molecular formula is C23H38N4O4S. The van der Waals surface area contributed by atoms with Crippen molar-refractivity contribution in [1.82, 2.24) is 19.8 Å². The Balaban J connectivity index is 1.89. The predicted molar refractivity (Wildman–Crippen MR) is 126 cm³/mol. The molecule has 180 valence electrons. The lowest BCUT2D eigenvalue weighted by molar-refractivity contribution is -0.133. The van der Waals surface area contributed by atoms with Crippen molar-refractivity contribution < 1.29 is 18.0 Å². The number of nitrogens with one attached hydrogen (secondary N) is 2. The molecule has 0 atom stereocenters. The van der Waals surface area contributed by atoms with Gasteiger partial charge in [-0.25, -0.2) is 13.1 Å². The van der Waals surface area contributed by atoms with Crippen LogP contribution in [0.25, 0.3) is 0 Å². The van der Waals surface area contributed by atoms with E-state index in [9.17, 15) is 18.0 Å². The highest BCUT2D eigenvalue weighted by atomic mass is 32.2. The Labute approximate surface area is 192 Å². The van der Waals surface area contributed by atoms with Crippen LogP contribution in [0.15, 0.2) is 4.90 Å². The third kappa shape index (κ3) is 6.30. The van der Waals surface area contributed by atoms with E-state index in [1.54, 1.807) is 4.90 Å². The number of hydrogen-bond donors (Lipinski definition) is 2. The van der Waals surface area contributed by atoms with E-state index in [2.05, 4.69) is 10.0 Å². The van der Waals surface area contributed by atoms with E-state index < -0.39 is 10.0 Å². The van der Waals surface area contributed by atoms with Gasteiger partial charge < -0.3 is 10.2 Å². The SMILES string of the molecule is Cc1c(C)c(C)c(S(=O)(=O)NCCC(=O)N2CCN(CC(=O)NC(C)C)CC2)c(C)c1C. The maximum atomic E-state index is 13.0. The fourth-order valence-corrected chi connectivity index (χ4v) is 5.74. The highest BCUT2D eigenvalue weighted by Gasteiger charge is 2.25. The Kier molecular flexibility index (Phi) is 8.84. The molecule has 1 aliphatic rings. The highest BCUT2D eigenvalue weighted by molar-refractivity contribution is 7.89. The summed E-state index contributed by atoms with van der Waals surface area (Å²) in [5, 5.41) is 2.87. The first-order valence-electron chi connectivity index (χ1n) is 11.2. The van der Waals surface area contributed by atoms with Crippen molar-refractivity contribution in [3.63, 3.8) is 0 Å². The molecule has 0 saturated carbocycles. The molecular weight excluding hydrogens is 428 g/mol. The molecule has 1 aromatic carbocycles. The molecule has 1 heterocycles. The molecule has 0 bridgehead atoms. The lowest BCUT2D eigenvalue weighted by atomic mass is 9.95. The Morgan fingerprint density at radius 2 is 1.38 bits per heavy atom. The summed E-state index contributed by atoms with van der Waals surface area (Å²) in [7, 11) is -3.72. The van der Waals surface area contributed by atoms with Gasteiger partial charge in [0.15, 0.2) is 0 Å². The van der Waals surface area contributed by atoms with E-state index in [-0.39, 0.29) is 30.8 Å². The van der Waals surface area contributed by atoms with Crippen molar-refractivity contribution in [3.8, 4) is 0 Å². The van der Waals surface area contributed by atoms with Gasteiger partial charge in [0, 0.05) is 45.2 Å². The van der Waals surface area contributed by atoms with E-state index in [0.717, 1.165) is 27.8 Å². The van der Waals surface area contributed by atoms with Gasteiger partial charge in [-0.15, -0.1) is 0 Å². The van der Waals surface area contributed by atoms with E-state index in [0.29, 0.717) is 37.6 Å². The first-order valence-corrected chi connectivity index (χ1v) is 12.7. The number of piperazine rings is 1. The van der Waals surface area contributed by atoms with E-state index in [1.165, 1.54) is 0 Å². The number of sulfonamides is 1. The molecule has 9 heteroatoms. The van der Waals surface area contributed by atoms with Crippen molar-refractivity contribution >= 4 is 21.8 Å². The molecule has 2 amide bonds. The molecule has 1 aliphatic heterocycles. The third-order valence-electron chi connectivity index (χ3n) is 6.37. The molecule has 8 nitrogen and oxygen atoms in total. The molecule has 0 unspecified atom stereocenters. The van der Waals surface area contributed by atoms with Crippen LogP contribution in [0.4, 0.5) is 0 Å². The normalized spacial score (nSPS) is 15.3. The number of hydrogen-bond acceptors (Lipinski definition) is 5. The Bertz CT molecular complexity index is 936. The minimum absolute atomic E-state index is 0.0126. The fraction of sp³-hybridized carbons (Fsp3) is 0.652. The number of amides is 2. The smallest absolute Gasteiger partial charge is 0.241 e. The molecule has 0 spiro atoms. The largest absolute Gasteiger partial charge is 0.353 e. The lowest BCUT2D eigenvalue weighted by Crippen LogP contribution is -2.51. The van der Waals surface area contributed by atoms with Crippen LogP contribution in [-0.4, -0.2) is 75.3 Å². The Hall–Kier alpha value is -1.97. The summed E-state index contributed by atoms with van der Waals surface area (Å²) in [6.45, 7) is 16.1. The van der Waals surface area contributed by atoms with Gasteiger partial charge in [0.05, 0.1) is 11.4 Å². The third-order valence-corrected chi connectivity index (χ3v) is 8.11. The van der Waals surface area contributed by atoms with Gasteiger partial charge >= 0.3 is 0 Å². The fourth-order valence-electron chi connectivity index (χ4n) is 4.12. The summed E-state index contributed by atoms with van der Waals surface area (Å²) in [5.74, 6) is -0.0926. The minimum Gasteiger partial charge on any atom is -0.353 e. The summed E-state index contributed by atoms with van der Waals surface area (Å²) >= 11 is 0. The summed E-state index contributed by atoms with van der Waals surface area (Å²) < 4.78 is 28.6. The topological polar surface area (TPSA) is 98.8 Å². The number of benzene rings is 1. The van der Waals surface area contributed by atoms with Gasteiger partial charge in [-0.3, -0.25) is 14.5 Å². The van der Waals surface area contributed by atoms with Crippen LogP contribution < -0.4 is 10.0 Å². The molecule has 32 heavy (non-hydrogen) atoms. The van der Waals surface area contributed by atoms with Crippen LogP contribution in [0.2, 0.25) is 0 Å². The maximum absolute atomic E-state index is 13.0. The van der Waals surface area contributed by atoms with Crippen LogP contribution in [0.1, 0.15) is 48.1 Å². The monoisotopic (exact) mass is 466 g/mol. The molecule has 0 aliphatic carbocycles. The molecule has 0 radical (unpaired) electrons. The molecule has 2 N–H and O–H groups in total. The zero-order valence-electron chi connectivity index (χ0n) is 20.5. The molecule has 1 saturated heterocycles. The molecule has 1 fully saturated rings. The van der Waals surface area contributed by atoms with Gasteiger partial charge in [-0.05, 0) is 76.3 Å². The van der Waals surface area contributed by atoms with Crippen molar-refractivity contribution in [1.29, 1.82) is 0 Å². The molecule has 1 aromatic rings. The number of rotatable bonds is 8. The summed E-state index contributed by atoms with van der Waals surface area (Å²) in [4.78, 5) is 28.6. The van der Waals surface area contributed by atoms with Gasteiger partial charge in [-0.2, -0.15) is 0 Å².